The largest absolute Gasteiger partial charge is 0.340 e. The van der Waals surface area contributed by atoms with E-state index in [0.29, 0.717) is 22.3 Å². The van der Waals surface area contributed by atoms with Gasteiger partial charge in [0.2, 0.25) is 0 Å². The van der Waals surface area contributed by atoms with Gasteiger partial charge in [0.1, 0.15) is 11.6 Å². The monoisotopic (exact) mass is 473 g/mol. The molecule has 0 saturated carbocycles. The molecule has 1 aromatic heterocycles. The number of hydrogen-bond acceptors (Lipinski definition) is 2. The standard InChI is InChI=1S/C27H21Cl2N3O/c1-17-24(29)7-5-8-25(17)31-27(33)20(15-30)14-23-18(2)32(26-9-4-3-6-22(23)26)16-19-10-12-21(28)13-11-19/h3-14H,16H2,1-2H3,(H,31,33)/b20-14-. The van der Waals surface area contributed by atoms with Crippen LogP contribution in [0.1, 0.15) is 22.4 Å². The molecule has 1 heterocycles. The molecule has 0 bridgehead atoms. The molecule has 0 atom stereocenters. The number of aromatic nitrogens is 1. The maximum Gasteiger partial charge on any atom is 0.266 e. The van der Waals surface area contributed by atoms with Gasteiger partial charge in [-0.15, -0.1) is 0 Å². The number of para-hydroxylation sites is 1. The second-order valence-electron chi connectivity index (χ2n) is 7.77. The van der Waals surface area contributed by atoms with Gasteiger partial charge in [0, 0.05) is 44.4 Å². The van der Waals surface area contributed by atoms with Gasteiger partial charge in [0.25, 0.3) is 5.91 Å². The molecule has 0 aliphatic carbocycles. The summed E-state index contributed by atoms with van der Waals surface area (Å²) in [6, 6.07) is 23.0. The first kappa shape index (κ1) is 22.7. The van der Waals surface area contributed by atoms with E-state index in [9.17, 15) is 10.1 Å². The molecule has 1 amide bonds. The molecule has 0 aliphatic rings. The minimum atomic E-state index is -0.475. The van der Waals surface area contributed by atoms with E-state index in [1.807, 2.05) is 62.4 Å². The summed E-state index contributed by atoms with van der Waals surface area (Å²) in [7, 11) is 0. The SMILES string of the molecule is Cc1c(Cl)cccc1NC(=O)/C(C#N)=C\c1c(C)n(Cc2ccc(Cl)cc2)c2ccccc12. The summed E-state index contributed by atoms with van der Waals surface area (Å²) in [6.45, 7) is 4.46. The van der Waals surface area contributed by atoms with Gasteiger partial charge in [-0.2, -0.15) is 5.26 Å². The quantitative estimate of drug-likeness (QED) is 0.247. The van der Waals surface area contributed by atoms with Crippen molar-refractivity contribution in [1.82, 2.24) is 4.57 Å². The zero-order chi connectivity index (χ0) is 23.5. The predicted molar refractivity (Wildman–Crippen MR) is 136 cm³/mol. The fourth-order valence-electron chi connectivity index (χ4n) is 3.84. The first-order valence-electron chi connectivity index (χ1n) is 10.4. The molecular formula is C27H21Cl2N3O. The molecule has 33 heavy (non-hydrogen) atoms. The van der Waals surface area contributed by atoms with Gasteiger partial charge < -0.3 is 9.88 Å². The van der Waals surface area contributed by atoms with Gasteiger partial charge in [-0.1, -0.05) is 59.6 Å². The van der Waals surface area contributed by atoms with Gasteiger partial charge in [-0.3, -0.25) is 4.79 Å². The van der Waals surface area contributed by atoms with Crippen molar-refractivity contribution in [2.24, 2.45) is 0 Å². The van der Waals surface area contributed by atoms with E-state index >= 15 is 0 Å². The highest BCUT2D eigenvalue weighted by Crippen LogP contribution is 2.29. The molecule has 0 saturated heterocycles. The van der Waals surface area contributed by atoms with Crippen molar-refractivity contribution in [3.05, 3.63) is 105 Å². The Morgan fingerprint density at radius 3 is 2.48 bits per heavy atom. The third-order valence-electron chi connectivity index (χ3n) is 5.70. The molecule has 0 unspecified atom stereocenters. The van der Waals surface area contributed by atoms with Crippen LogP contribution in [0.3, 0.4) is 0 Å². The Morgan fingerprint density at radius 2 is 1.76 bits per heavy atom. The maximum atomic E-state index is 12.9. The van der Waals surface area contributed by atoms with Crippen LogP contribution in [0.15, 0.2) is 72.3 Å². The number of nitriles is 1. The van der Waals surface area contributed by atoms with Crippen LogP contribution in [0, 0.1) is 25.2 Å². The van der Waals surface area contributed by atoms with Gasteiger partial charge in [-0.05, 0) is 61.4 Å². The number of halogens is 2. The van der Waals surface area contributed by atoms with Gasteiger partial charge in [-0.25, -0.2) is 0 Å². The molecule has 0 radical (unpaired) electrons. The molecule has 0 aliphatic heterocycles. The molecule has 3 aromatic carbocycles. The smallest absolute Gasteiger partial charge is 0.266 e. The Hall–Kier alpha value is -3.52. The zero-order valence-electron chi connectivity index (χ0n) is 18.2. The van der Waals surface area contributed by atoms with Crippen molar-refractivity contribution < 1.29 is 4.79 Å². The second kappa shape index (κ2) is 9.54. The van der Waals surface area contributed by atoms with E-state index in [1.165, 1.54) is 0 Å². The van der Waals surface area contributed by atoms with Crippen molar-refractivity contribution >= 4 is 51.8 Å². The lowest BCUT2D eigenvalue weighted by atomic mass is 10.1. The lowest BCUT2D eigenvalue weighted by molar-refractivity contribution is -0.112. The molecule has 0 spiro atoms. The summed E-state index contributed by atoms with van der Waals surface area (Å²) in [6.07, 6.45) is 1.66. The molecular weight excluding hydrogens is 453 g/mol. The Kier molecular flexibility index (Phi) is 6.55. The summed E-state index contributed by atoms with van der Waals surface area (Å²) in [4.78, 5) is 12.9. The highest BCUT2D eigenvalue weighted by Gasteiger charge is 2.17. The van der Waals surface area contributed by atoms with Crippen LogP contribution in [0.5, 0.6) is 0 Å². The number of nitrogens with one attached hydrogen (secondary N) is 1. The van der Waals surface area contributed by atoms with E-state index in [1.54, 1.807) is 24.3 Å². The number of benzene rings is 3. The van der Waals surface area contributed by atoms with Crippen LogP contribution in [-0.2, 0) is 11.3 Å². The number of anilines is 1. The fraction of sp³-hybridized carbons (Fsp3) is 0.111. The Bertz CT molecular complexity index is 1430. The zero-order valence-corrected chi connectivity index (χ0v) is 19.7. The average Bonchev–Trinajstić information content (AvgIpc) is 3.07. The molecule has 0 fully saturated rings. The van der Waals surface area contributed by atoms with Crippen LogP contribution in [0.4, 0.5) is 5.69 Å². The number of carbonyl (C=O) groups is 1. The predicted octanol–water partition coefficient (Wildman–Crippen LogP) is 7.16. The molecule has 4 aromatic rings. The van der Waals surface area contributed by atoms with E-state index < -0.39 is 5.91 Å². The average molecular weight is 474 g/mol. The van der Waals surface area contributed by atoms with E-state index in [2.05, 4.69) is 16.0 Å². The van der Waals surface area contributed by atoms with Crippen molar-refractivity contribution in [1.29, 1.82) is 5.26 Å². The molecule has 164 valence electrons. The van der Waals surface area contributed by atoms with E-state index in [-0.39, 0.29) is 5.57 Å². The highest BCUT2D eigenvalue weighted by atomic mass is 35.5. The van der Waals surface area contributed by atoms with Crippen LogP contribution in [0.2, 0.25) is 10.0 Å². The second-order valence-corrected chi connectivity index (χ2v) is 8.61. The molecule has 4 nitrogen and oxygen atoms in total. The molecule has 1 N–H and O–H groups in total. The van der Waals surface area contributed by atoms with Crippen molar-refractivity contribution in [2.45, 2.75) is 20.4 Å². The van der Waals surface area contributed by atoms with Gasteiger partial charge >= 0.3 is 0 Å². The van der Waals surface area contributed by atoms with Crippen molar-refractivity contribution in [3.63, 3.8) is 0 Å². The third kappa shape index (κ3) is 4.66. The minimum absolute atomic E-state index is 0.0203. The van der Waals surface area contributed by atoms with Crippen LogP contribution < -0.4 is 5.32 Å². The topological polar surface area (TPSA) is 57.8 Å². The summed E-state index contributed by atoms with van der Waals surface area (Å²) in [5, 5.41) is 14.8. The van der Waals surface area contributed by atoms with Crippen LogP contribution >= 0.6 is 23.2 Å². The Balaban J connectivity index is 1.74. The summed E-state index contributed by atoms with van der Waals surface area (Å²) in [5.74, 6) is -0.475. The lowest BCUT2D eigenvalue weighted by Gasteiger charge is -2.10. The minimum Gasteiger partial charge on any atom is -0.340 e. The molecule has 6 heteroatoms. The number of nitrogens with zero attached hydrogens (tertiary/aromatic N) is 2. The number of carbonyl (C=O) groups excluding carboxylic acids is 1. The number of hydrogen-bond donors (Lipinski definition) is 1. The number of amides is 1. The maximum absolute atomic E-state index is 12.9. The third-order valence-corrected chi connectivity index (χ3v) is 6.36. The highest BCUT2D eigenvalue weighted by molar-refractivity contribution is 6.32. The van der Waals surface area contributed by atoms with Gasteiger partial charge in [0.15, 0.2) is 0 Å². The van der Waals surface area contributed by atoms with Crippen LogP contribution in [-0.4, -0.2) is 10.5 Å². The summed E-state index contributed by atoms with van der Waals surface area (Å²) >= 11 is 12.2. The summed E-state index contributed by atoms with van der Waals surface area (Å²) < 4.78 is 2.18. The summed E-state index contributed by atoms with van der Waals surface area (Å²) in [5.41, 5.74) is 5.29. The number of fused-ring (bicyclic) bond motifs is 1. The van der Waals surface area contributed by atoms with Crippen molar-refractivity contribution in [3.8, 4) is 6.07 Å². The lowest BCUT2D eigenvalue weighted by Crippen LogP contribution is -2.14. The van der Waals surface area contributed by atoms with Crippen molar-refractivity contribution in [2.75, 3.05) is 5.32 Å². The Labute approximate surface area is 202 Å². The first-order chi connectivity index (χ1) is 15.9. The Morgan fingerprint density at radius 1 is 1.03 bits per heavy atom. The van der Waals surface area contributed by atoms with E-state index in [0.717, 1.165) is 33.3 Å². The molecule has 4 rings (SSSR count). The normalized spacial score (nSPS) is 11.4. The van der Waals surface area contributed by atoms with E-state index in [4.69, 9.17) is 23.2 Å². The van der Waals surface area contributed by atoms with Gasteiger partial charge in [0.05, 0.1) is 0 Å². The van der Waals surface area contributed by atoms with Crippen LogP contribution in [0.25, 0.3) is 17.0 Å². The fourth-order valence-corrected chi connectivity index (χ4v) is 4.14. The number of rotatable bonds is 5. The first-order valence-corrected chi connectivity index (χ1v) is 11.1.